The van der Waals surface area contributed by atoms with Crippen LogP contribution >= 0.6 is 7.60 Å². The maximum atomic E-state index is 10.7. The van der Waals surface area contributed by atoms with Gasteiger partial charge in [-0.1, -0.05) is 0 Å². The summed E-state index contributed by atoms with van der Waals surface area (Å²) in [6.45, 7) is -0.0757. The molecule has 0 saturated heterocycles. The number of hydrogen-bond acceptors (Lipinski definition) is 7. The zero-order valence-electron chi connectivity index (χ0n) is 12.9. The predicted molar refractivity (Wildman–Crippen MR) is 83.3 cm³/mol. The lowest BCUT2D eigenvalue weighted by Crippen LogP contribution is -2.16. The molecule has 3 N–H and O–H groups in total. The molecule has 0 fully saturated rings. The van der Waals surface area contributed by atoms with Gasteiger partial charge in [-0.25, -0.2) is 15.0 Å². The maximum Gasteiger partial charge on any atom is 0.350 e. The van der Waals surface area contributed by atoms with Crippen molar-refractivity contribution in [3.8, 4) is 0 Å². The molecule has 0 aromatic carbocycles. The number of aromatic nitrogens is 4. The molecular weight excluding hydrogens is 325 g/mol. The zero-order chi connectivity index (χ0) is 17.0. The van der Waals surface area contributed by atoms with Crippen molar-refractivity contribution >= 4 is 24.6 Å². The number of anilines is 1. The molecule has 2 aromatic rings. The number of aliphatic hydroxyl groups is 1. The summed E-state index contributed by atoms with van der Waals surface area (Å²) >= 11 is 0. The molecule has 2 aromatic heterocycles. The number of hydrogen-bond donors (Lipinski definition) is 3. The smallest absolute Gasteiger partial charge is 0.350 e. The highest BCUT2D eigenvalue weighted by molar-refractivity contribution is 7.51. The first-order chi connectivity index (χ1) is 10.8. The number of ether oxygens (including phenoxy) is 1. The Morgan fingerprint density at radius 1 is 1.35 bits per heavy atom. The second-order valence-electron chi connectivity index (χ2n) is 5.24. The van der Waals surface area contributed by atoms with Crippen LogP contribution < -0.4 is 4.90 Å². The van der Waals surface area contributed by atoms with Crippen LogP contribution in [0.25, 0.3) is 11.2 Å². The van der Waals surface area contributed by atoms with Gasteiger partial charge in [-0.3, -0.25) is 4.57 Å². The summed E-state index contributed by atoms with van der Waals surface area (Å²) in [5.41, 5.74) is 1.20. The van der Waals surface area contributed by atoms with Gasteiger partial charge >= 0.3 is 7.60 Å². The van der Waals surface area contributed by atoms with Crippen LogP contribution in [-0.4, -0.2) is 68.1 Å². The predicted octanol–water partition coefficient (Wildman–Crippen LogP) is -0.0324. The molecule has 0 amide bonds. The highest BCUT2D eigenvalue weighted by Gasteiger charge is 2.18. The molecular formula is C12H20N5O5P. The van der Waals surface area contributed by atoms with E-state index in [1.54, 1.807) is 10.9 Å². The minimum atomic E-state index is -4.18. The number of aliphatic hydroxyl groups excluding tert-OH is 1. The van der Waals surface area contributed by atoms with Gasteiger partial charge in [-0.05, 0) is 6.42 Å². The van der Waals surface area contributed by atoms with Crippen LogP contribution in [0.1, 0.15) is 12.5 Å². The van der Waals surface area contributed by atoms with Crippen LogP contribution in [-0.2, 0) is 9.30 Å². The highest BCUT2D eigenvalue weighted by atomic mass is 31.2. The van der Waals surface area contributed by atoms with E-state index in [4.69, 9.17) is 14.5 Å². The summed E-state index contributed by atoms with van der Waals surface area (Å²) in [4.78, 5) is 32.0. The van der Waals surface area contributed by atoms with E-state index in [1.165, 1.54) is 6.33 Å². The van der Waals surface area contributed by atoms with Crippen LogP contribution in [0, 0.1) is 0 Å². The number of imidazole rings is 1. The molecule has 2 heterocycles. The summed E-state index contributed by atoms with van der Waals surface area (Å²) in [6.07, 6.45) is 2.72. The monoisotopic (exact) mass is 345 g/mol. The van der Waals surface area contributed by atoms with E-state index in [0.29, 0.717) is 23.4 Å². The molecule has 0 spiro atoms. The van der Waals surface area contributed by atoms with Gasteiger partial charge in [0.05, 0.1) is 19.0 Å². The summed E-state index contributed by atoms with van der Waals surface area (Å²) in [6, 6.07) is -0.360. The fourth-order valence-corrected chi connectivity index (χ4v) is 2.52. The minimum Gasteiger partial charge on any atom is -0.394 e. The van der Waals surface area contributed by atoms with Crippen molar-refractivity contribution in [1.29, 1.82) is 0 Å². The first-order valence-corrected chi connectivity index (χ1v) is 8.71. The van der Waals surface area contributed by atoms with Crippen molar-refractivity contribution in [2.45, 2.75) is 12.5 Å². The molecule has 0 aliphatic rings. The molecule has 10 nitrogen and oxygen atoms in total. The first kappa shape index (κ1) is 17.8. The normalized spacial score (nSPS) is 13.4. The van der Waals surface area contributed by atoms with E-state index in [1.807, 2.05) is 19.0 Å². The summed E-state index contributed by atoms with van der Waals surface area (Å²) in [7, 11) is -0.486. The molecule has 2 rings (SSSR count). The second-order valence-corrected chi connectivity index (χ2v) is 6.83. The standard InChI is InChI=1S/C12H20N5O5P/c1-16(2)11-10-12(14-6-13-11)17(7-15-10)9(5-18)3-4-22-8-23(19,20)21/h6-7,9,18H,3-5,8H2,1-2H3,(H2,19,20,21). The minimum absolute atomic E-state index is 0.0988. The lowest BCUT2D eigenvalue weighted by atomic mass is 10.2. The van der Waals surface area contributed by atoms with E-state index in [0.717, 1.165) is 0 Å². The molecule has 11 heteroatoms. The molecule has 1 unspecified atom stereocenters. The molecule has 0 bridgehead atoms. The van der Waals surface area contributed by atoms with Gasteiger partial charge in [-0.2, -0.15) is 0 Å². The Morgan fingerprint density at radius 2 is 2.09 bits per heavy atom. The van der Waals surface area contributed by atoms with Crippen LogP contribution in [0.5, 0.6) is 0 Å². The van der Waals surface area contributed by atoms with E-state index in [2.05, 4.69) is 15.0 Å². The van der Waals surface area contributed by atoms with Crippen LogP contribution in [0.4, 0.5) is 5.82 Å². The Labute approximate surface area is 132 Å². The Bertz CT molecular complexity index is 700. The van der Waals surface area contributed by atoms with Crippen LogP contribution in [0.3, 0.4) is 0 Å². The van der Waals surface area contributed by atoms with Crippen LogP contribution in [0.15, 0.2) is 12.7 Å². The lowest BCUT2D eigenvalue weighted by molar-refractivity contribution is 0.127. The lowest BCUT2D eigenvalue weighted by Gasteiger charge is -2.17. The summed E-state index contributed by atoms with van der Waals surface area (Å²) in [5, 5.41) is 9.58. The Balaban J connectivity index is 2.14. The van der Waals surface area contributed by atoms with Crippen LogP contribution in [0.2, 0.25) is 0 Å². The molecule has 128 valence electrons. The van der Waals surface area contributed by atoms with Gasteiger partial charge in [0.25, 0.3) is 0 Å². The Hall–Kier alpha value is -1.58. The Morgan fingerprint density at radius 3 is 2.70 bits per heavy atom. The number of nitrogens with zero attached hydrogens (tertiary/aromatic N) is 5. The molecule has 1 atom stereocenters. The third-order valence-corrected chi connectivity index (χ3v) is 3.74. The van der Waals surface area contributed by atoms with Crippen molar-refractivity contribution in [3.63, 3.8) is 0 Å². The van der Waals surface area contributed by atoms with E-state index in [9.17, 15) is 9.67 Å². The van der Waals surface area contributed by atoms with Gasteiger partial charge in [0.15, 0.2) is 17.0 Å². The molecule has 0 aliphatic heterocycles. The average molecular weight is 345 g/mol. The quantitative estimate of drug-likeness (QED) is 0.445. The molecule has 0 radical (unpaired) electrons. The number of rotatable bonds is 8. The SMILES string of the molecule is CN(C)c1ncnc2c1ncn2C(CO)CCOCP(=O)(O)O. The molecule has 0 aliphatic carbocycles. The topological polar surface area (TPSA) is 134 Å². The Kier molecular flexibility index (Phi) is 5.66. The molecule has 23 heavy (non-hydrogen) atoms. The first-order valence-electron chi connectivity index (χ1n) is 6.91. The van der Waals surface area contributed by atoms with Crippen molar-refractivity contribution < 1.29 is 24.2 Å². The van der Waals surface area contributed by atoms with Gasteiger partial charge < -0.3 is 29.1 Å². The van der Waals surface area contributed by atoms with Gasteiger partial charge in [0.2, 0.25) is 0 Å². The summed E-state index contributed by atoms with van der Waals surface area (Å²) in [5.74, 6) is 0.670. The maximum absolute atomic E-state index is 10.7. The zero-order valence-corrected chi connectivity index (χ0v) is 13.8. The van der Waals surface area contributed by atoms with Crippen molar-refractivity contribution in [2.24, 2.45) is 0 Å². The average Bonchev–Trinajstić information content (AvgIpc) is 2.90. The fraction of sp³-hybridized carbons (Fsp3) is 0.583. The van der Waals surface area contributed by atoms with E-state index in [-0.39, 0.29) is 19.3 Å². The van der Waals surface area contributed by atoms with Gasteiger partial charge in [-0.15, -0.1) is 0 Å². The second kappa shape index (κ2) is 7.33. The van der Waals surface area contributed by atoms with Gasteiger partial charge in [0.1, 0.15) is 12.7 Å². The van der Waals surface area contributed by atoms with Crippen molar-refractivity contribution in [2.75, 3.05) is 38.6 Å². The fourth-order valence-electron chi connectivity index (χ4n) is 2.16. The summed E-state index contributed by atoms with van der Waals surface area (Å²) < 4.78 is 17.4. The van der Waals surface area contributed by atoms with Gasteiger partial charge in [0, 0.05) is 20.7 Å². The van der Waals surface area contributed by atoms with E-state index >= 15 is 0 Å². The van der Waals surface area contributed by atoms with Crippen molar-refractivity contribution in [3.05, 3.63) is 12.7 Å². The largest absolute Gasteiger partial charge is 0.394 e. The third-order valence-electron chi connectivity index (χ3n) is 3.22. The van der Waals surface area contributed by atoms with Crippen molar-refractivity contribution in [1.82, 2.24) is 19.5 Å². The highest BCUT2D eigenvalue weighted by Crippen LogP contribution is 2.34. The molecule has 0 saturated carbocycles. The van der Waals surface area contributed by atoms with E-state index < -0.39 is 13.9 Å². The third kappa shape index (κ3) is 4.46. The number of fused-ring (bicyclic) bond motifs is 1.